The van der Waals surface area contributed by atoms with E-state index in [-0.39, 0.29) is 12.5 Å². The third kappa shape index (κ3) is 6.08. The largest absolute Gasteiger partial charge is 0.396 e. The fourth-order valence-corrected chi connectivity index (χ4v) is 2.64. The molecule has 2 aromatic carbocycles. The molecule has 0 aliphatic heterocycles. The van der Waals surface area contributed by atoms with E-state index in [1.165, 1.54) is 5.69 Å². The van der Waals surface area contributed by atoms with Crippen LogP contribution in [0.15, 0.2) is 59.6 Å². The van der Waals surface area contributed by atoms with E-state index in [1.54, 1.807) is 0 Å². The first-order chi connectivity index (χ1) is 12.6. The number of aliphatic hydroxyl groups excluding tert-OH is 1. The standard InChI is InChI=1S/C21H30N4O/c1-4-22-21(23-14-17-10-12-20(13-11-17)25(2)3)24-15-19(16-26)18-8-6-5-7-9-18/h5-13,19,26H,4,14-16H2,1-3H3,(H2,22,23,24). The number of anilines is 1. The maximum absolute atomic E-state index is 9.70. The van der Waals surface area contributed by atoms with Gasteiger partial charge in [-0.15, -0.1) is 0 Å². The number of hydrogen-bond donors (Lipinski definition) is 3. The zero-order chi connectivity index (χ0) is 18.8. The van der Waals surface area contributed by atoms with Crippen LogP contribution in [-0.4, -0.2) is 44.9 Å². The van der Waals surface area contributed by atoms with Gasteiger partial charge in [0, 0.05) is 38.8 Å². The van der Waals surface area contributed by atoms with Crippen molar-refractivity contribution in [1.29, 1.82) is 0 Å². The van der Waals surface area contributed by atoms with Gasteiger partial charge in [0.15, 0.2) is 5.96 Å². The van der Waals surface area contributed by atoms with Crippen LogP contribution in [0.1, 0.15) is 24.0 Å². The molecule has 0 radical (unpaired) electrons. The number of aliphatic imine (C=N–C) groups is 1. The molecule has 0 aromatic heterocycles. The molecule has 0 aliphatic carbocycles. The molecular weight excluding hydrogens is 324 g/mol. The molecule has 0 amide bonds. The lowest BCUT2D eigenvalue weighted by Gasteiger charge is -2.18. The Morgan fingerprint density at radius 3 is 2.31 bits per heavy atom. The van der Waals surface area contributed by atoms with Crippen molar-refractivity contribution in [3.05, 3.63) is 65.7 Å². The van der Waals surface area contributed by atoms with Crippen molar-refractivity contribution in [1.82, 2.24) is 10.6 Å². The molecule has 0 aliphatic rings. The number of nitrogens with one attached hydrogen (secondary N) is 2. The minimum atomic E-state index is 0.0411. The lowest BCUT2D eigenvalue weighted by molar-refractivity contribution is 0.265. The van der Waals surface area contributed by atoms with Crippen molar-refractivity contribution in [3.8, 4) is 0 Å². The molecule has 0 heterocycles. The topological polar surface area (TPSA) is 59.9 Å². The summed E-state index contributed by atoms with van der Waals surface area (Å²) in [6, 6.07) is 18.5. The van der Waals surface area contributed by atoms with E-state index in [9.17, 15) is 5.11 Å². The van der Waals surface area contributed by atoms with Crippen LogP contribution in [0.25, 0.3) is 0 Å². The second kappa shape index (κ2) is 10.5. The Morgan fingerprint density at radius 1 is 1.04 bits per heavy atom. The highest BCUT2D eigenvalue weighted by molar-refractivity contribution is 5.79. The summed E-state index contributed by atoms with van der Waals surface area (Å²) >= 11 is 0. The van der Waals surface area contributed by atoms with Crippen molar-refractivity contribution in [3.63, 3.8) is 0 Å². The first kappa shape index (κ1) is 19.8. The molecule has 2 aromatic rings. The average Bonchev–Trinajstić information content (AvgIpc) is 2.67. The van der Waals surface area contributed by atoms with E-state index >= 15 is 0 Å². The molecule has 1 atom stereocenters. The van der Waals surface area contributed by atoms with Crippen LogP contribution < -0.4 is 15.5 Å². The Morgan fingerprint density at radius 2 is 1.73 bits per heavy atom. The van der Waals surface area contributed by atoms with Crippen molar-refractivity contribution < 1.29 is 5.11 Å². The van der Waals surface area contributed by atoms with Gasteiger partial charge in [-0.05, 0) is 30.2 Å². The molecule has 2 rings (SSSR count). The summed E-state index contributed by atoms with van der Waals surface area (Å²) < 4.78 is 0. The fourth-order valence-electron chi connectivity index (χ4n) is 2.64. The van der Waals surface area contributed by atoms with Crippen LogP contribution in [0.2, 0.25) is 0 Å². The van der Waals surface area contributed by atoms with Crippen LogP contribution in [-0.2, 0) is 6.54 Å². The highest BCUT2D eigenvalue weighted by Gasteiger charge is 2.10. The Labute approximate surface area is 156 Å². The molecule has 0 fully saturated rings. The normalized spacial score (nSPS) is 12.5. The lowest BCUT2D eigenvalue weighted by atomic mass is 10.0. The van der Waals surface area contributed by atoms with Gasteiger partial charge in [0.05, 0.1) is 13.2 Å². The quantitative estimate of drug-likeness (QED) is 0.504. The molecule has 3 N–H and O–H groups in total. The van der Waals surface area contributed by atoms with Crippen molar-refractivity contribution in [2.24, 2.45) is 4.99 Å². The lowest BCUT2D eigenvalue weighted by Crippen LogP contribution is -2.39. The van der Waals surface area contributed by atoms with Crippen LogP contribution in [0, 0.1) is 0 Å². The zero-order valence-corrected chi connectivity index (χ0v) is 15.9. The van der Waals surface area contributed by atoms with Gasteiger partial charge in [-0.2, -0.15) is 0 Å². The van der Waals surface area contributed by atoms with Crippen LogP contribution in [0.5, 0.6) is 0 Å². The maximum Gasteiger partial charge on any atom is 0.191 e. The van der Waals surface area contributed by atoms with Gasteiger partial charge in [0.25, 0.3) is 0 Å². The summed E-state index contributed by atoms with van der Waals surface area (Å²) in [4.78, 5) is 6.74. The molecule has 5 nitrogen and oxygen atoms in total. The summed E-state index contributed by atoms with van der Waals surface area (Å²) in [5, 5.41) is 16.3. The molecule has 0 spiro atoms. The van der Waals surface area contributed by atoms with Crippen LogP contribution in [0.3, 0.4) is 0 Å². The van der Waals surface area contributed by atoms with E-state index < -0.39 is 0 Å². The molecule has 1 unspecified atom stereocenters. The van der Waals surface area contributed by atoms with E-state index in [4.69, 9.17) is 0 Å². The predicted molar refractivity (Wildman–Crippen MR) is 110 cm³/mol. The zero-order valence-electron chi connectivity index (χ0n) is 15.9. The SMILES string of the molecule is CCNC(=NCc1ccc(N(C)C)cc1)NCC(CO)c1ccccc1. The van der Waals surface area contributed by atoms with Crippen molar-refractivity contribution >= 4 is 11.6 Å². The highest BCUT2D eigenvalue weighted by atomic mass is 16.3. The second-order valence-corrected chi connectivity index (χ2v) is 6.43. The van der Waals surface area contributed by atoms with E-state index in [0.717, 1.165) is 23.6 Å². The number of guanidine groups is 1. The molecular formula is C21H30N4O. The molecule has 5 heteroatoms. The summed E-state index contributed by atoms with van der Waals surface area (Å²) in [7, 11) is 4.06. The minimum absolute atomic E-state index is 0.0411. The highest BCUT2D eigenvalue weighted by Crippen LogP contribution is 2.14. The fraction of sp³-hybridized carbons (Fsp3) is 0.381. The number of hydrogen-bond acceptors (Lipinski definition) is 3. The van der Waals surface area contributed by atoms with Gasteiger partial charge in [-0.25, -0.2) is 4.99 Å². The van der Waals surface area contributed by atoms with Gasteiger partial charge >= 0.3 is 0 Å². The number of rotatable bonds is 8. The monoisotopic (exact) mass is 354 g/mol. The van der Waals surface area contributed by atoms with Gasteiger partial charge in [-0.1, -0.05) is 42.5 Å². The van der Waals surface area contributed by atoms with Gasteiger partial charge in [0.2, 0.25) is 0 Å². The number of aliphatic hydroxyl groups is 1. The van der Waals surface area contributed by atoms with E-state index in [0.29, 0.717) is 13.1 Å². The van der Waals surface area contributed by atoms with Gasteiger partial charge < -0.3 is 20.6 Å². The first-order valence-electron chi connectivity index (χ1n) is 9.08. The Kier molecular flexibility index (Phi) is 7.96. The summed E-state index contributed by atoms with van der Waals surface area (Å²) in [5.74, 6) is 0.804. The van der Waals surface area contributed by atoms with Crippen LogP contribution in [0.4, 0.5) is 5.69 Å². The average molecular weight is 354 g/mol. The smallest absolute Gasteiger partial charge is 0.191 e. The Balaban J connectivity index is 1.97. The van der Waals surface area contributed by atoms with E-state index in [2.05, 4.69) is 44.8 Å². The summed E-state index contributed by atoms with van der Waals surface area (Å²) in [6.45, 7) is 4.18. The minimum Gasteiger partial charge on any atom is -0.396 e. The third-order valence-electron chi connectivity index (χ3n) is 4.22. The second-order valence-electron chi connectivity index (χ2n) is 6.43. The third-order valence-corrected chi connectivity index (χ3v) is 4.22. The maximum atomic E-state index is 9.70. The Bertz CT molecular complexity index is 668. The van der Waals surface area contributed by atoms with Crippen LogP contribution >= 0.6 is 0 Å². The molecule has 26 heavy (non-hydrogen) atoms. The van der Waals surface area contributed by atoms with Crippen molar-refractivity contribution in [2.45, 2.75) is 19.4 Å². The summed E-state index contributed by atoms with van der Waals surface area (Å²) in [6.07, 6.45) is 0. The molecule has 0 bridgehead atoms. The molecule has 0 saturated carbocycles. The van der Waals surface area contributed by atoms with Crippen molar-refractivity contribution in [2.75, 3.05) is 38.7 Å². The van der Waals surface area contributed by atoms with E-state index in [1.807, 2.05) is 51.4 Å². The molecule has 140 valence electrons. The Hall–Kier alpha value is -2.53. The number of nitrogens with zero attached hydrogens (tertiary/aromatic N) is 2. The first-order valence-corrected chi connectivity index (χ1v) is 9.08. The number of benzene rings is 2. The predicted octanol–water partition coefficient (Wildman–Crippen LogP) is 2.58. The molecule has 0 saturated heterocycles. The van der Waals surface area contributed by atoms with Gasteiger partial charge in [0.1, 0.15) is 0 Å². The summed E-state index contributed by atoms with van der Waals surface area (Å²) in [5.41, 5.74) is 3.46. The van der Waals surface area contributed by atoms with Gasteiger partial charge in [-0.3, -0.25) is 0 Å².